The van der Waals surface area contributed by atoms with Gasteiger partial charge >= 0.3 is 0 Å². The standard InChI is InChI=1S/C13H12N4S2/c1-8-14-12(7-18-8)10-3-5-11(6-4-10)15-13-17-16-9(2)19-13/h3-7H,1-2H3,(H,15,17). The Balaban J connectivity index is 1.79. The number of anilines is 2. The fourth-order valence-electron chi connectivity index (χ4n) is 1.69. The van der Waals surface area contributed by atoms with Crippen LogP contribution in [0.25, 0.3) is 11.3 Å². The van der Waals surface area contributed by atoms with Gasteiger partial charge in [-0.3, -0.25) is 0 Å². The van der Waals surface area contributed by atoms with Crippen LogP contribution in [0.5, 0.6) is 0 Å². The molecular formula is C13H12N4S2. The summed E-state index contributed by atoms with van der Waals surface area (Å²) in [5.41, 5.74) is 3.16. The van der Waals surface area contributed by atoms with Crippen LogP contribution in [0.1, 0.15) is 10.0 Å². The van der Waals surface area contributed by atoms with Gasteiger partial charge in [0.2, 0.25) is 5.13 Å². The number of hydrogen-bond acceptors (Lipinski definition) is 6. The molecule has 96 valence electrons. The lowest BCUT2D eigenvalue weighted by molar-refractivity contribution is 1.05. The Morgan fingerprint density at radius 2 is 1.79 bits per heavy atom. The second-order valence-electron chi connectivity index (χ2n) is 4.08. The van der Waals surface area contributed by atoms with Gasteiger partial charge in [0.05, 0.1) is 10.7 Å². The van der Waals surface area contributed by atoms with Crippen LogP contribution in [0.3, 0.4) is 0 Å². The van der Waals surface area contributed by atoms with Gasteiger partial charge in [0.15, 0.2) is 0 Å². The molecule has 0 fully saturated rings. The molecule has 3 rings (SSSR count). The fraction of sp³-hybridized carbons (Fsp3) is 0.154. The first-order valence-corrected chi connectivity index (χ1v) is 7.50. The molecule has 0 bridgehead atoms. The van der Waals surface area contributed by atoms with Crippen LogP contribution < -0.4 is 5.32 Å². The van der Waals surface area contributed by atoms with Gasteiger partial charge in [0.25, 0.3) is 0 Å². The summed E-state index contributed by atoms with van der Waals surface area (Å²) in [4.78, 5) is 4.48. The van der Waals surface area contributed by atoms with Crippen LogP contribution >= 0.6 is 22.7 Å². The largest absolute Gasteiger partial charge is 0.330 e. The summed E-state index contributed by atoms with van der Waals surface area (Å²) >= 11 is 3.21. The highest BCUT2D eigenvalue weighted by atomic mass is 32.1. The molecule has 0 amide bonds. The van der Waals surface area contributed by atoms with Gasteiger partial charge in [-0.2, -0.15) is 0 Å². The van der Waals surface area contributed by atoms with Crippen molar-refractivity contribution < 1.29 is 0 Å². The van der Waals surface area contributed by atoms with Crippen LogP contribution in [-0.2, 0) is 0 Å². The third kappa shape index (κ3) is 2.80. The first-order valence-electron chi connectivity index (χ1n) is 5.80. The number of aromatic nitrogens is 3. The predicted octanol–water partition coefficient (Wildman–Crippen LogP) is 4.02. The van der Waals surface area contributed by atoms with Gasteiger partial charge in [-0.05, 0) is 26.0 Å². The average molecular weight is 288 g/mol. The van der Waals surface area contributed by atoms with Crippen LogP contribution in [0, 0.1) is 13.8 Å². The van der Waals surface area contributed by atoms with Crippen molar-refractivity contribution in [1.82, 2.24) is 15.2 Å². The molecule has 19 heavy (non-hydrogen) atoms. The summed E-state index contributed by atoms with van der Waals surface area (Å²) in [7, 11) is 0. The van der Waals surface area contributed by atoms with E-state index in [-0.39, 0.29) is 0 Å². The van der Waals surface area contributed by atoms with E-state index in [0.29, 0.717) is 0 Å². The van der Waals surface area contributed by atoms with Crippen molar-refractivity contribution in [3.05, 3.63) is 39.7 Å². The van der Waals surface area contributed by atoms with Gasteiger partial charge < -0.3 is 5.32 Å². The molecule has 0 saturated heterocycles. The first-order chi connectivity index (χ1) is 9.20. The summed E-state index contributed by atoms with van der Waals surface area (Å²) in [6.07, 6.45) is 0. The minimum Gasteiger partial charge on any atom is -0.330 e. The second kappa shape index (κ2) is 5.07. The lowest BCUT2D eigenvalue weighted by Crippen LogP contribution is -1.89. The maximum absolute atomic E-state index is 4.48. The topological polar surface area (TPSA) is 50.7 Å². The smallest absolute Gasteiger partial charge is 0.210 e. The number of benzene rings is 1. The molecule has 2 aromatic heterocycles. The van der Waals surface area contributed by atoms with Crippen molar-refractivity contribution in [2.24, 2.45) is 0 Å². The van der Waals surface area contributed by atoms with Crippen molar-refractivity contribution in [3.8, 4) is 11.3 Å². The molecule has 0 saturated carbocycles. The summed E-state index contributed by atoms with van der Waals surface area (Å²) < 4.78 is 0. The Hall–Kier alpha value is -1.79. The minimum atomic E-state index is 0.815. The lowest BCUT2D eigenvalue weighted by atomic mass is 10.1. The third-order valence-electron chi connectivity index (χ3n) is 2.58. The Morgan fingerprint density at radius 3 is 2.37 bits per heavy atom. The molecule has 1 N–H and O–H groups in total. The van der Waals surface area contributed by atoms with E-state index in [2.05, 4.69) is 38.0 Å². The molecule has 0 atom stereocenters. The van der Waals surface area contributed by atoms with Crippen molar-refractivity contribution in [2.45, 2.75) is 13.8 Å². The number of hydrogen-bond donors (Lipinski definition) is 1. The molecule has 0 unspecified atom stereocenters. The molecule has 0 aliphatic rings. The molecule has 2 heterocycles. The van der Waals surface area contributed by atoms with Gasteiger partial charge in [0, 0.05) is 16.6 Å². The van der Waals surface area contributed by atoms with Gasteiger partial charge in [-0.1, -0.05) is 23.5 Å². The Morgan fingerprint density at radius 1 is 1.00 bits per heavy atom. The van der Waals surface area contributed by atoms with Crippen LogP contribution in [0.15, 0.2) is 29.6 Å². The fourth-order valence-corrected chi connectivity index (χ4v) is 2.92. The summed E-state index contributed by atoms with van der Waals surface area (Å²) in [5.74, 6) is 0. The summed E-state index contributed by atoms with van der Waals surface area (Å²) in [5, 5.41) is 16.2. The maximum atomic E-state index is 4.48. The normalized spacial score (nSPS) is 10.6. The molecule has 0 aliphatic heterocycles. The number of aryl methyl sites for hydroxylation is 2. The molecule has 1 aromatic carbocycles. The average Bonchev–Trinajstić information content (AvgIpc) is 3.00. The number of nitrogens with zero attached hydrogens (tertiary/aromatic N) is 3. The number of thiazole rings is 1. The number of rotatable bonds is 3. The summed E-state index contributed by atoms with van der Waals surface area (Å²) in [6.45, 7) is 3.96. The van der Waals surface area contributed by atoms with Crippen molar-refractivity contribution in [1.29, 1.82) is 0 Å². The highest BCUT2D eigenvalue weighted by molar-refractivity contribution is 7.15. The van der Waals surface area contributed by atoms with E-state index in [1.807, 2.05) is 26.0 Å². The number of nitrogens with one attached hydrogen (secondary N) is 1. The molecule has 4 nitrogen and oxygen atoms in total. The monoisotopic (exact) mass is 288 g/mol. The van der Waals surface area contributed by atoms with Crippen LogP contribution in [-0.4, -0.2) is 15.2 Å². The van der Waals surface area contributed by atoms with Crippen LogP contribution in [0.4, 0.5) is 10.8 Å². The van der Waals surface area contributed by atoms with E-state index in [9.17, 15) is 0 Å². The zero-order valence-electron chi connectivity index (χ0n) is 10.5. The molecule has 0 spiro atoms. The molecule has 0 aliphatic carbocycles. The Labute approximate surface area is 119 Å². The van der Waals surface area contributed by atoms with Crippen molar-refractivity contribution >= 4 is 33.5 Å². The highest BCUT2D eigenvalue weighted by Crippen LogP contribution is 2.25. The van der Waals surface area contributed by atoms with Crippen molar-refractivity contribution in [3.63, 3.8) is 0 Å². The van der Waals surface area contributed by atoms with E-state index in [1.165, 1.54) is 0 Å². The van der Waals surface area contributed by atoms with E-state index >= 15 is 0 Å². The Bertz CT molecular complexity index is 685. The van der Waals surface area contributed by atoms with Crippen LogP contribution in [0.2, 0.25) is 0 Å². The van der Waals surface area contributed by atoms with E-state index < -0.39 is 0 Å². The minimum absolute atomic E-state index is 0.815. The SMILES string of the molecule is Cc1nc(-c2ccc(Nc3nnc(C)s3)cc2)cs1. The lowest BCUT2D eigenvalue weighted by Gasteiger charge is -2.02. The zero-order chi connectivity index (χ0) is 13.2. The summed E-state index contributed by atoms with van der Waals surface area (Å²) in [6, 6.07) is 8.18. The van der Waals surface area contributed by atoms with Gasteiger partial charge in [0.1, 0.15) is 5.01 Å². The second-order valence-corrected chi connectivity index (χ2v) is 6.32. The van der Waals surface area contributed by atoms with Gasteiger partial charge in [-0.25, -0.2) is 4.98 Å². The van der Waals surface area contributed by atoms with E-state index in [1.54, 1.807) is 22.7 Å². The molecular weight excluding hydrogens is 276 g/mol. The zero-order valence-corrected chi connectivity index (χ0v) is 12.2. The quantitative estimate of drug-likeness (QED) is 0.790. The van der Waals surface area contributed by atoms with Gasteiger partial charge in [-0.15, -0.1) is 21.5 Å². The highest BCUT2D eigenvalue weighted by Gasteiger charge is 2.03. The molecule has 0 radical (unpaired) electrons. The third-order valence-corrected chi connectivity index (χ3v) is 4.10. The van der Waals surface area contributed by atoms with E-state index in [4.69, 9.17) is 0 Å². The predicted molar refractivity (Wildman–Crippen MR) is 80.2 cm³/mol. The first kappa shape index (κ1) is 12.3. The van der Waals surface area contributed by atoms with Crippen molar-refractivity contribution in [2.75, 3.05) is 5.32 Å². The molecule has 6 heteroatoms. The Kier molecular flexibility index (Phi) is 3.27. The molecule has 3 aromatic rings. The maximum Gasteiger partial charge on any atom is 0.210 e. The van der Waals surface area contributed by atoms with E-state index in [0.717, 1.165) is 32.1 Å².